The molecule has 0 atom stereocenters. The minimum atomic E-state index is -3.04. The number of para-hydroxylation sites is 1. The minimum Gasteiger partial charge on any atom is -0.508 e. The van der Waals surface area contributed by atoms with Crippen LogP contribution in [-0.4, -0.2) is 5.11 Å². The summed E-state index contributed by atoms with van der Waals surface area (Å²) in [4.78, 5) is 0. The summed E-state index contributed by atoms with van der Waals surface area (Å²) in [5.74, 6) is 0.180. The Labute approximate surface area is 175 Å². The van der Waals surface area contributed by atoms with Gasteiger partial charge in [-0.05, 0) is 39.7 Å². The van der Waals surface area contributed by atoms with Crippen LogP contribution in [0.15, 0.2) is 109 Å². The van der Waals surface area contributed by atoms with E-state index in [1.165, 1.54) is 0 Å². The van der Waals surface area contributed by atoms with Crippen LogP contribution in [0.3, 0.4) is 0 Å². The monoisotopic (exact) mass is 408 g/mol. The van der Waals surface area contributed by atoms with Gasteiger partial charge in [0.2, 0.25) is 0 Å². The van der Waals surface area contributed by atoms with Crippen molar-refractivity contribution < 1.29 is 9.67 Å². The van der Waals surface area contributed by atoms with Gasteiger partial charge in [-0.3, -0.25) is 0 Å². The number of hydrogen-bond donors (Lipinski definition) is 1. The first-order chi connectivity index (χ1) is 14.6. The van der Waals surface area contributed by atoms with Gasteiger partial charge in [-0.15, -0.1) is 0 Å². The lowest BCUT2D eigenvalue weighted by atomic mass is 10.1. The molecule has 146 valence electrons. The maximum Gasteiger partial charge on any atom is 0.147 e. The van der Waals surface area contributed by atoms with Crippen molar-refractivity contribution in [2.45, 2.75) is 6.16 Å². The summed E-state index contributed by atoms with van der Waals surface area (Å²) in [7, 11) is -3.04. The van der Waals surface area contributed by atoms with Crippen LogP contribution in [0, 0.1) is 0 Å². The SMILES string of the molecule is O=P(Cc1ccccc1O)(c1ccc2ccccc2c1)c1ccc2ccccc2c1. The molecule has 0 amide bonds. The molecule has 30 heavy (non-hydrogen) atoms. The highest BCUT2D eigenvalue weighted by Crippen LogP contribution is 2.49. The van der Waals surface area contributed by atoms with Crippen LogP contribution >= 0.6 is 7.14 Å². The predicted octanol–water partition coefficient (Wildman–Crippen LogP) is 6.21. The molecule has 0 fully saturated rings. The molecule has 1 N–H and O–H groups in total. The largest absolute Gasteiger partial charge is 0.508 e. The second-order valence-corrected chi connectivity index (χ2v) is 10.4. The summed E-state index contributed by atoms with van der Waals surface area (Å²) in [6.45, 7) is 0. The van der Waals surface area contributed by atoms with Crippen LogP contribution in [0.4, 0.5) is 0 Å². The number of hydrogen-bond acceptors (Lipinski definition) is 2. The molecule has 5 aromatic rings. The lowest BCUT2D eigenvalue weighted by Crippen LogP contribution is -2.18. The van der Waals surface area contributed by atoms with Crippen molar-refractivity contribution in [1.29, 1.82) is 0 Å². The zero-order valence-electron chi connectivity index (χ0n) is 16.4. The molecule has 0 radical (unpaired) electrons. The molecule has 0 aliphatic rings. The molecule has 0 aromatic heterocycles. The first-order valence-corrected chi connectivity index (χ1v) is 11.9. The van der Waals surface area contributed by atoms with Crippen LogP contribution in [0.25, 0.3) is 21.5 Å². The molecule has 2 nitrogen and oxygen atoms in total. The summed E-state index contributed by atoms with van der Waals surface area (Å²) in [5.41, 5.74) is 0.696. The van der Waals surface area contributed by atoms with Crippen molar-refractivity contribution in [2.75, 3.05) is 0 Å². The van der Waals surface area contributed by atoms with Crippen molar-refractivity contribution in [3.05, 3.63) is 115 Å². The Hall–Kier alpha value is -3.35. The highest BCUT2D eigenvalue weighted by Gasteiger charge is 2.29. The number of benzene rings is 5. The lowest BCUT2D eigenvalue weighted by molar-refractivity contribution is 0.470. The Morgan fingerprint density at radius 2 is 1.03 bits per heavy atom. The lowest BCUT2D eigenvalue weighted by Gasteiger charge is -2.21. The van der Waals surface area contributed by atoms with Gasteiger partial charge in [0.1, 0.15) is 12.9 Å². The third-order valence-electron chi connectivity index (χ3n) is 5.68. The number of phenols is 1. The standard InChI is InChI=1S/C27H21O2P/c28-27-12-6-5-11-24(27)19-30(29,25-15-13-20-7-1-3-9-22(20)17-25)26-16-14-21-8-2-4-10-23(21)18-26/h1-18,28H,19H2. The van der Waals surface area contributed by atoms with E-state index in [2.05, 4.69) is 12.1 Å². The van der Waals surface area contributed by atoms with Crippen molar-refractivity contribution in [1.82, 2.24) is 0 Å². The molecule has 0 spiro atoms. The van der Waals surface area contributed by atoms with Crippen molar-refractivity contribution in [3.63, 3.8) is 0 Å². The fraction of sp³-hybridized carbons (Fsp3) is 0.0370. The van der Waals surface area contributed by atoms with Gasteiger partial charge in [-0.25, -0.2) is 0 Å². The van der Waals surface area contributed by atoms with Crippen LogP contribution in [0.2, 0.25) is 0 Å². The molecule has 0 bridgehead atoms. The third-order valence-corrected chi connectivity index (χ3v) is 8.70. The van der Waals surface area contributed by atoms with Crippen LogP contribution < -0.4 is 10.6 Å². The topological polar surface area (TPSA) is 37.3 Å². The van der Waals surface area contributed by atoms with Crippen molar-refractivity contribution >= 4 is 39.3 Å². The molecule has 3 heteroatoms. The summed E-state index contributed by atoms with van der Waals surface area (Å²) in [6.07, 6.45) is 0.274. The van der Waals surface area contributed by atoms with E-state index in [1.807, 2.05) is 84.9 Å². The van der Waals surface area contributed by atoms with E-state index < -0.39 is 7.14 Å². The van der Waals surface area contributed by atoms with E-state index >= 15 is 0 Å². The van der Waals surface area contributed by atoms with Gasteiger partial charge in [-0.1, -0.05) is 91.0 Å². The van der Waals surface area contributed by atoms with Gasteiger partial charge >= 0.3 is 0 Å². The Balaban J connectivity index is 1.73. The van der Waals surface area contributed by atoms with Crippen LogP contribution in [0.1, 0.15) is 5.56 Å². The summed E-state index contributed by atoms with van der Waals surface area (Å²) < 4.78 is 14.7. The van der Waals surface area contributed by atoms with E-state index in [1.54, 1.807) is 12.1 Å². The Kier molecular flexibility index (Phi) is 4.65. The van der Waals surface area contributed by atoms with Gasteiger partial charge in [-0.2, -0.15) is 0 Å². The quantitative estimate of drug-likeness (QED) is 0.359. The number of rotatable bonds is 4. The van der Waals surface area contributed by atoms with Gasteiger partial charge < -0.3 is 9.67 Å². The second kappa shape index (κ2) is 7.48. The summed E-state index contributed by atoms with van der Waals surface area (Å²) >= 11 is 0. The molecular weight excluding hydrogens is 387 g/mol. The van der Waals surface area contributed by atoms with E-state index in [-0.39, 0.29) is 11.9 Å². The summed E-state index contributed by atoms with van der Waals surface area (Å²) in [6, 6.07) is 35.4. The van der Waals surface area contributed by atoms with Crippen molar-refractivity contribution in [2.24, 2.45) is 0 Å². The molecular formula is C27H21O2P. The molecule has 0 saturated carbocycles. The number of fused-ring (bicyclic) bond motifs is 2. The fourth-order valence-corrected chi connectivity index (χ4v) is 6.76. The third kappa shape index (κ3) is 3.30. The molecule has 5 aromatic carbocycles. The smallest absolute Gasteiger partial charge is 0.147 e. The molecule has 5 rings (SSSR count). The Morgan fingerprint density at radius 1 is 0.567 bits per heavy atom. The van der Waals surface area contributed by atoms with E-state index in [0.29, 0.717) is 5.56 Å². The molecule has 0 saturated heterocycles. The zero-order valence-corrected chi connectivity index (χ0v) is 17.3. The molecule has 0 aliphatic heterocycles. The predicted molar refractivity (Wildman–Crippen MR) is 127 cm³/mol. The van der Waals surface area contributed by atoms with Gasteiger partial charge in [0, 0.05) is 22.3 Å². The van der Waals surface area contributed by atoms with E-state index in [0.717, 1.165) is 32.2 Å². The Bertz CT molecular complexity index is 1340. The highest BCUT2D eigenvalue weighted by molar-refractivity contribution is 7.78. The minimum absolute atomic E-state index is 0.180. The fourth-order valence-electron chi connectivity index (χ4n) is 4.02. The van der Waals surface area contributed by atoms with Gasteiger partial charge in [0.15, 0.2) is 0 Å². The van der Waals surface area contributed by atoms with Crippen LogP contribution in [-0.2, 0) is 10.7 Å². The average Bonchev–Trinajstić information content (AvgIpc) is 2.80. The van der Waals surface area contributed by atoms with Gasteiger partial charge in [0.05, 0.1) is 0 Å². The zero-order chi connectivity index (χ0) is 20.6. The molecule has 0 aliphatic carbocycles. The normalized spacial score (nSPS) is 11.7. The highest BCUT2D eigenvalue weighted by atomic mass is 31.2. The molecule has 0 heterocycles. The van der Waals surface area contributed by atoms with Crippen molar-refractivity contribution in [3.8, 4) is 5.75 Å². The maximum absolute atomic E-state index is 14.7. The second-order valence-electron chi connectivity index (χ2n) is 7.59. The first kappa shape index (κ1) is 18.7. The maximum atomic E-state index is 14.7. The van der Waals surface area contributed by atoms with E-state index in [4.69, 9.17) is 0 Å². The average molecular weight is 408 g/mol. The molecule has 0 unspecified atom stereocenters. The number of aromatic hydroxyl groups is 1. The Morgan fingerprint density at radius 3 is 1.57 bits per heavy atom. The number of phenolic OH excluding ortho intramolecular Hbond substituents is 1. The van der Waals surface area contributed by atoms with Gasteiger partial charge in [0.25, 0.3) is 0 Å². The van der Waals surface area contributed by atoms with Crippen LogP contribution in [0.5, 0.6) is 5.75 Å². The summed E-state index contributed by atoms with van der Waals surface area (Å²) in [5, 5.41) is 16.4. The first-order valence-electron chi connectivity index (χ1n) is 9.98. The van der Waals surface area contributed by atoms with E-state index in [9.17, 15) is 9.67 Å².